The number of sulfonamides is 1. The molecule has 7 heteroatoms. The van der Waals surface area contributed by atoms with Gasteiger partial charge < -0.3 is 9.88 Å². The van der Waals surface area contributed by atoms with Crippen molar-refractivity contribution >= 4 is 21.4 Å². The second kappa shape index (κ2) is 5.40. The highest BCUT2D eigenvalue weighted by atomic mass is 32.2. The summed E-state index contributed by atoms with van der Waals surface area (Å²) in [5.74, 6) is 0. The molecule has 0 unspecified atom stereocenters. The van der Waals surface area contributed by atoms with Crippen LogP contribution in [0.1, 0.15) is 18.9 Å². The lowest BCUT2D eigenvalue weighted by molar-refractivity contribution is 0.598. The van der Waals surface area contributed by atoms with Crippen molar-refractivity contribution in [2.75, 3.05) is 16.6 Å². The SMILES string of the molecule is CCn1cnc(S(=O)(=O)Nc2ccc3c(c2)CCCN3)c1. The number of hydrogen-bond donors (Lipinski definition) is 2. The Labute approximate surface area is 124 Å². The van der Waals surface area contributed by atoms with Crippen molar-refractivity contribution in [3.05, 3.63) is 36.3 Å². The Bertz CT molecular complexity index is 752. The fourth-order valence-electron chi connectivity index (χ4n) is 2.40. The molecule has 0 atom stereocenters. The number of imidazole rings is 1. The van der Waals surface area contributed by atoms with Crippen molar-refractivity contribution in [1.82, 2.24) is 9.55 Å². The van der Waals surface area contributed by atoms with Gasteiger partial charge in [0, 0.05) is 30.7 Å². The first-order valence-electron chi connectivity index (χ1n) is 7.00. The number of aromatic nitrogens is 2. The van der Waals surface area contributed by atoms with Crippen LogP contribution in [0.3, 0.4) is 0 Å². The molecule has 1 aromatic carbocycles. The largest absolute Gasteiger partial charge is 0.385 e. The van der Waals surface area contributed by atoms with Crippen LogP contribution in [0.4, 0.5) is 11.4 Å². The predicted octanol–water partition coefficient (Wildman–Crippen LogP) is 2.06. The van der Waals surface area contributed by atoms with Gasteiger partial charge in [-0.15, -0.1) is 0 Å². The zero-order chi connectivity index (χ0) is 14.9. The minimum atomic E-state index is -3.63. The first kappa shape index (κ1) is 13.9. The van der Waals surface area contributed by atoms with Crippen LogP contribution in [0.25, 0.3) is 0 Å². The quantitative estimate of drug-likeness (QED) is 0.906. The summed E-state index contributed by atoms with van der Waals surface area (Å²) in [6.45, 7) is 3.58. The van der Waals surface area contributed by atoms with Crippen molar-refractivity contribution in [1.29, 1.82) is 0 Å². The van der Waals surface area contributed by atoms with E-state index in [4.69, 9.17) is 0 Å². The van der Waals surface area contributed by atoms with E-state index in [0.717, 1.165) is 30.6 Å². The molecule has 2 aromatic rings. The summed E-state index contributed by atoms with van der Waals surface area (Å²) >= 11 is 0. The number of benzene rings is 1. The molecule has 0 bridgehead atoms. The van der Waals surface area contributed by atoms with Gasteiger partial charge in [0.1, 0.15) is 0 Å². The highest BCUT2D eigenvalue weighted by molar-refractivity contribution is 7.92. The molecular weight excluding hydrogens is 288 g/mol. The van der Waals surface area contributed by atoms with Gasteiger partial charge in [-0.05, 0) is 43.5 Å². The van der Waals surface area contributed by atoms with Gasteiger partial charge in [0.2, 0.25) is 0 Å². The van der Waals surface area contributed by atoms with Crippen molar-refractivity contribution in [3.63, 3.8) is 0 Å². The number of fused-ring (bicyclic) bond motifs is 1. The maximum Gasteiger partial charge on any atom is 0.280 e. The smallest absolute Gasteiger partial charge is 0.280 e. The summed E-state index contributed by atoms with van der Waals surface area (Å²) in [4.78, 5) is 3.94. The third kappa shape index (κ3) is 2.87. The Kier molecular flexibility index (Phi) is 3.59. The molecule has 0 saturated carbocycles. The summed E-state index contributed by atoms with van der Waals surface area (Å²) in [5.41, 5.74) is 2.79. The first-order valence-corrected chi connectivity index (χ1v) is 8.48. The van der Waals surface area contributed by atoms with Crippen LogP contribution in [0.15, 0.2) is 35.7 Å². The molecule has 0 aliphatic carbocycles. The molecule has 0 spiro atoms. The maximum atomic E-state index is 12.3. The maximum absolute atomic E-state index is 12.3. The molecule has 0 saturated heterocycles. The van der Waals surface area contributed by atoms with Crippen molar-refractivity contribution in [2.24, 2.45) is 0 Å². The van der Waals surface area contributed by atoms with Gasteiger partial charge >= 0.3 is 0 Å². The van der Waals surface area contributed by atoms with Crippen LogP contribution < -0.4 is 10.0 Å². The molecule has 1 aliphatic rings. The molecule has 112 valence electrons. The van der Waals surface area contributed by atoms with Gasteiger partial charge in [-0.25, -0.2) is 4.98 Å². The zero-order valence-electron chi connectivity index (χ0n) is 11.8. The second-order valence-electron chi connectivity index (χ2n) is 5.05. The monoisotopic (exact) mass is 306 g/mol. The van der Waals surface area contributed by atoms with E-state index in [1.54, 1.807) is 10.6 Å². The highest BCUT2D eigenvalue weighted by Crippen LogP contribution is 2.26. The lowest BCUT2D eigenvalue weighted by Gasteiger charge is -2.18. The number of anilines is 2. The minimum Gasteiger partial charge on any atom is -0.385 e. The van der Waals surface area contributed by atoms with E-state index in [1.165, 1.54) is 12.5 Å². The average molecular weight is 306 g/mol. The summed E-state index contributed by atoms with van der Waals surface area (Å²) in [6.07, 6.45) is 5.07. The Balaban J connectivity index is 1.85. The van der Waals surface area contributed by atoms with Gasteiger partial charge in [-0.2, -0.15) is 8.42 Å². The van der Waals surface area contributed by atoms with Gasteiger partial charge in [-0.1, -0.05) is 0 Å². The van der Waals surface area contributed by atoms with Gasteiger partial charge in [0.05, 0.1) is 6.33 Å². The summed E-state index contributed by atoms with van der Waals surface area (Å²) in [5, 5.41) is 3.34. The summed E-state index contributed by atoms with van der Waals surface area (Å²) < 4.78 is 28.9. The molecule has 0 fully saturated rings. The Morgan fingerprint density at radius 3 is 3.05 bits per heavy atom. The first-order chi connectivity index (χ1) is 10.1. The molecule has 1 aliphatic heterocycles. The molecule has 3 rings (SSSR count). The van der Waals surface area contributed by atoms with Crippen molar-refractivity contribution in [2.45, 2.75) is 31.3 Å². The fourth-order valence-corrected chi connectivity index (χ4v) is 3.40. The summed E-state index contributed by atoms with van der Waals surface area (Å²) in [6, 6.07) is 5.57. The third-order valence-electron chi connectivity index (χ3n) is 3.55. The molecule has 2 N–H and O–H groups in total. The van der Waals surface area contributed by atoms with Crippen molar-refractivity contribution in [3.8, 4) is 0 Å². The Morgan fingerprint density at radius 2 is 2.29 bits per heavy atom. The van der Waals surface area contributed by atoms with E-state index in [2.05, 4.69) is 15.0 Å². The zero-order valence-corrected chi connectivity index (χ0v) is 12.7. The summed E-state index contributed by atoms with van der Waals surface area (Å²) in [7, 11) is -3.63. The molecule has 21 heavy (non-hydrogen) atoms. The van der Waals surface area contributed by atoms with Crippen LogP contribution in [-0.4, -0.2) is 24.5 Å². The Morgan fingerprint density at radius 1 is 1.43 bits per heavy atom. The number of aryl methyl sites for hydroxylation is 2. The van der Waals surface area contributed by atoms with E-state index in [0.29, 0.717) is 12.2 Å². The van der Waals surface area contributed by atoms with E-state index in [-0.39, 0.29) is 5.03 Å². The standard InChI is InChI=1S/C14H18N4O2S/c1-2-18-9-14(16-10-18)21(19,20)17-12-5-6-13-11(8-12)4-3-7-15-13/h5-6,8-10,15,17H,2-4,7H2,1H3. The van der Waals surface area contributed by atoms with Gasteiger partial charge in [-0.3, -0.25) is 4.72 Å². The molecule has 6 nitrogen and oxygen atoms in total. The molecule has 0 amide bonds. The van der Waals surface area contributed by atoms with Gasteiger partial charge in [0.25, 0.3) is 10.0 Å². The van der Waals surface area contributed by atoms with Crippen LogP contribution in [0, 0.1) is 0 Å². The second-order valence-corrected chi connectivity index (χ2v) is 6.68. The van der Waals surface area contributed by atoms with Crippen molar-refractivity contribution < 1.29 is 8.42 Å². The van der Waals surface area contributed by atoms with Crippen LogP contribution in [-0.2, 0) is 23.0 Å². The molecule has 0 radical (unpaired) electrons. The number of rotatable bonds is 4. The lowest BCUT2D eigenvalue weighted by atomic mass is 10.0. The number of nitrogens with zero attached hydrogens (tertiary/aromatic N) is 2. The molecule has 1 aromatic heterocycles. The topological polar surface area (TPSA) is 76.0 Å². The number of nitrogens with one attached hydrogen (secondary N) is 2. The van der Waals surface area contributed by atoms with E-state index >= 15 is 0 Å². The predicted molar refractivity (Wildman–Crippen MR) is 82.0 cm³/mol. The fraction of sp³-hybridized carbons (Fsp3) is 0.357. The highest BCUT2D eigenvalue weighted by Gasteiger charge is 2.18. The number of hydrogen-bond acceptors (Lipinski definition) is 4. The van der Waals surface area contributed by atoms with Crippen LogP contribution in [0.2, 0.25) is 0 Å². The lowest BCUT2D eigenvalue weighted by Crippen LogP contribution is -2.15. The van der Waals surface area contributed by atoms with E-state index in [9.17, 15) is 8.42 Å². The Hall–Kier alpha value is -2.02. The van der Waals surface area contributed by atoms with Gasteiger partial charge in [0.15, 0.2) is 5.03 Å². The molecular formula is C14H18N4O2S. The normalized spacial score (nSPS) is 14.3. The average Bonchev–Trinajstić information content (AvgIpc) is 2.96. The van der Waals surface area contributed by atoms with Crippen LogP contribution in [0.5, 0.6) is 0 Å². The van der Waals surface area contributed by atoms with E-state index in [1.807, 2.05) is 19.1 Å². The minimum absolute atomic E-state index is 0.0418. The third-order valence-corrected chi connectivity index (χ3v) is 4.81. The molecule has 2 heterocycles. The van der Waals surface area contributed by atoms with Crippen LogP contribution >= 0.6 is 0 Å². The van der Waals surface area contributed by atoms with E-state index < -0.39 is 10.0 Å².